The molecular formula is C14H13ClN2O2. The lowest BCUT2D eigenvalue weighted by Gasteiger charge is -2.03. The molecule has 19 heavy (non-hydrogen) atoms. The van der Waals surface area contributed by atoms with Crippen molar-refractivity contribution in [2.45, 2.75) is 13.5 Å². The minimum Gasteiger partial charge on any atom is -0.356 e. The Bertz CT molecular complexity index is 602. The Kier molecular flexibility index (Phi) is 4.02. The van der Waals surface area contributed by atoms with Crippen LogP contribution in [0.25, 0.3) is 0 Å². The molecule has 1 amide bonds. The van der Waals surface area contributed by atoms with E-state index in [1.807, 2.05) is 12.1 Å². The number of aromatic amines is 1. The molecule has 0 aliphatic heterocycles. The zero-order chi connectivity index (χ0) is 13.8. The maximum Gasteiger partial charge on any atom is 0.267 e. The van der Waals surface area contributed by atoms with Crippen LogP contribution in [-0.2, 0) is 6.54 Å². The van der Waals surface area contributed by atoms with Gasteiger partial charge in [-0.3, -0.25) is 9.59 Å². The van der Waals surface area contributed by atoms with Gasteiger partial charge >= 0.3 is 0 Å². The summed E-state index contributed by atoms with van der Waals surface area (Å²) in [6.07, 6.45) is 1.53. The summed E-state index contributed by atoms with van der Waals surface area (Å²) >= 11 is 5.78. The lowest BCUT2D eigenvalue weighted by Crippen LogP contribution is -2.23. The Labute approximate surface area is 115 Å². The fourth-order valence-electron chi connectivity index (χ4n) is 1.61. The summed E-state index contributed by atoms with van der Waals surface area (Å²) in [6.45, 7) is 1.86. The predicted octanol–water partition coefficient (Wildman–Crippen LogP) is 2.80. The third-order valence-corrected chi connectivity index (χ3v) is 2.95. The van der Waals surface area contributed by atoms with Gasteiger partial charge in [-0.2, -0.15) is 0 Å². The van der Waals surface area contributed by atoms with Gasteiger partial charge in [0.1, 0.15) is 5.69 Å². The molecule has 1 aromatic heterocycles. The van der Waals surface area contributed by atoms with Gasteiger partial charge in [0.15, 0.2) is 5.78 Å². The first-order chi connectivity index (χ1) is 9.06. The molecule has 1 aromatic carbocycles. The van der Waals surface area contributed by atoms with E-state index in [9.17, 15) is 9.59 Å². The largest absolute Gasteiger partial charge is 0.356 e. The second kappa shape index (κ2) is 5.71. The van der Waals surface area contributed by atoms with Gasteiger partial charge in [-0.05, 0) is 30.7 Å². The molecule has 0 bridgehead atoms. The monoisotopic (exact) mass is 276 g/mol. The number of aromatic nitrogens is 1. The Morgan fingerprint density at radius 3 is 2.53 bits per heavy atom. The van der Waals surface area contributed by atoms with Gasteiger partial charge in [0.05, 0.1) is 0 Å². The number of benzene rings is 1. The molecule has 0 spiro atoms. The normalized spacial score (nSPS) is 10.2. The summed E-state index contributed by atoms with van der Waals surface area (Å²) in [7, 11) is 0. The fraction of sp³-hybridized carbons (Fsp3) is 0.143. The number of halogens is 1. The van der Waals surface area contributed by atoms with E-state index in [0.29, 0.717) is 22.8 Å². The smallest absolute Gasteiger partial charge is 0.267 e. The second-order valence-corrected chi connectivity index (χ2v) is 4.60. The van der Waals surface area contributed by atoms with E-state index < -0.39 is 0 Å². The summed E-state index contributed by atoms with van der Waals surface area (Å²) in [5.41, 5.74) is 1.83. The lowest BCUT2D eigenvalue weighted by molar-refractivity contribution is 0.0946. The van der Waals surface area contributed by atoms with Crippen molar-refractivity contribution in [3.05, 3.63) is 58.4 Å². The number of Topliss-reactive ketones (excluding diaryl/α,β-unsaturated/α-hetero) is 1. The highest BCUT2D eigenvalue weighted by atomic mass is 35.5. The van der Waals surface area contributed by atoms with Gasteiger partial charge in [-0.25, -0.2) is 0 Å². The van der Waals surface area contributed by atoms with E-state index in [4.69, 9.17) is 11.6 Å². The van der Waals surface area contributed by atoms with Crippen LogP contribution < -0.4 is 5.32 Å². The van der Waals surface area contributed by atoms with E-state index in [1.54, 1.807) is 18.2 Å². The highest BCUT2D eigenvalue weighted by Crippen LogP contribution is 2.09. The SMILES string of the molecule is CC(=O)c1c[nH]c(C(=O)NCc2ccc(Cl)cc2)c1. The molecule has 0 atom stereocenters. The molecule has 0 unspecified atom stereocenters. The molecule has 98 valence electrons. The molecule has 4 nitrogen and oxygen atoms in total. The third-order valence-electron chi connectivity index (χ3n) is 2.70. The molecule has 0 fully saturated rings. The summed E-state index contributed by atoms with van der Waals surface area (Å²) in [6, 6.07) is 8.77. The van der Waals surface area contributed by atoms with Crippen molar-refractivity contribution in [3.63, 3.8) is 0 Å². The molecule has 2 N–H and O–H groups in total. The van der Waals surface area contributed by atoms with Gasteiger partial charge in [0.2, 0.25) is 0 Å². The number of rotatable bonds is 4. The van der Waals surface area contributed by atoms with Gasteiger partial charge in [-0.1, -0.05) is 23.7 Å². The van der Waals surface area contributed by atoms with Crippen LogP contribution in [0.3, 0.4) is 0 Å². The molecule has 5 heteroatoms. The molecule has 2 aromatic rings. The lowest BCUT2D eigenvalue weighted by atomic mass is 10.2. The van der Waals surface area contributed by atoms with Crippen molar-refractivity contribution in [2.24, 2.45) is 0 Å². The molecule has 2 rings (SSSR count). The van der Waals surface area contributed by atoms with Crippen LogP contribution in [0.15, 0.2) is 36.5 Å². The number of hydrogen-bond donors (Lipinski definition) is 2. The first-order valence-corrected chi connectivity index (χ1v) is 6.16. The molecule has 0 radical (unpaired) electrons. The predicted molar refractivity (Wildman–Crippen MR) is 73.4 cm³/mol. The van der Waals surface area contributed by atoms with Crippen LogP contribution in [0, 0.1) is 0 Å². The summed E-state index contributed by atoms with van der Waals surface area (Å²) in [4.78, 5) is 25.7. The minimum atomic E-state index is -0.248. The van der Waals surface area contributed by atoms with Crippen molar-refractivity contribution in [1.29, 1.82) is 0 Å². The van der Waals surface area contributed by atoms with Crippen LogP contribution in [0.2, 0.25) is 5.02 Å². The first-order valence-electron chi connectivity index (χ1n) is 5.78. The number of ketones is 1. The molecule has 0 aliphatic carbocycles. The molecule has 0 aliphatic rings. The number of carbonyl (C=O) groups is 2. The first kappa shape index (κ1) is 13.4. The maximum atomic E-state index is 11.8. The van der Waals surface area contributed by atoms with Crippen LogP contribution >= 0.6 is 11.6 Å². The Hall–Kier alpha value is -2.07. The number of hydrogen-bond acceptors (Lipinski definition) is 2. The maximum absolute atomic E-state index is 11.8. The molecule has 0 saturated carbocycles. The second-order valence-electron chi connectivity index (χ2n) is 4.17. The van der Waals surface area contributed by atoms with Gasteiger partial charge in [0, 0.05) is 23.3 Å². The summed E-state index contributed by atoms with van der Waals surface area (Å²) < 4.78 is 0. The van der Waals surface area contributed by atoms with Crippen molar-refractivity contribution in [2.75, 3.05) is 0 Å². The zero-order valence-electron chi connectivity index (χ0n) is 10.4. The van der Waals surface area contributed by atoms with E-state index in [0.717, 1.165) is 5.56 Å². The summed E-state index contributed by atoms with van der Waals surface area (Å²) in [5.74, 6) is -0.324. The highest BCUT2D eigenvalue weighted by Gasteiger charge is 2.10. The van der Waals surface area contributed by atoms with Gasteiger partial charge in [0.25, 0.3) is 5.91 Å². The molecule has 1 heterocycles. The Morgan fingerprint density at radius 1 is 1.26 bits per heavy atom. The fourth-order valence-corrected chi connectivity index (χ4v) is 1.73. The molecular weight excluding hydrogens is 264 g/mol. The average Bonchev–Trinajstić information content (AvgIpc) is 2.87. The van der Waals surface area contributed by atoms with Gasteiger partial charge in [-0.15, -0.1) is 0 Å². The van der Waals surface area contributed by atoms with Crippen molar-refractivity contribution in [1.82, 2.24) is 10.3 Å². The van der Waals surface area contributed by atoms with E-state index in [-0.39, 0.29) is 11.7 Å². The number of nitrogens with one attached hydrogen (secondary N) is 2. The quantitative estimate of drug-likeness (QED) is 0.844. The van der Waals surface area contributed by atoms with Crippen molar-refractivity contribution >= 4 is 23.3 Å². The standard InChI is InChI=1S/C14H13ClN2O2/c1-9(18)11-6-13(16-8-11)14(19)17-7-10-2-4-12(15)5-3-10/h2-6,8,16H,7H2,1H3,(H,17,19). The third kappa shape index (κ3) is 3.45. The molecule has 0 saturated heterocycles. The van der Waals surface area contributed by atoms with Gasteiger partial charge < -0.3 is 10.3 Å². The minimum absolute atomic E-state index is 0.0759. The summed E-state index contributed by atoms with van der Waals surface area (Å²) in [5, 5.41) is 3.42. The van der Waals surface area contributed by atoms with Crippen LogP contribution in [0.1, 0.15) is 33.3 Å². The zero-order valence-corrected chi connectivity index (χ0v) is 11.1. The number of carbonyl (C=O) groups excluding carboxylic acids is 2. The highest BCUT2D eigenvalue weighted by molar-refractivity contribution is 6.30. The van der Waals surface area contributed by atoms with Crippen molar-refractivity contribution in [3.8, 4) is 0 Å². The van der Waals surface area contributed by atoms with E-state index in [1.165, 1.54) is 13.1 Å². The van der Waals surface area contributed by atoms with E-state index >= 15 is 0 Å². The number of amides is 1. The average molecular weight is 277 g/mol. The Morgan fingerprint density at radius 2 is 1.95 bits per heavy atom. The van der Waals surface area contributed by atoms with Crippen LogP contribution in [0.5, 0.6) is 0 Å². The Balaban J connectivity index is 1.97. The van der Waals surface area contributed by atoms with Crippen LogP contribution in [-0.4, -0.2) is 16.7 Å². The van der Waals surface area contributed by atoms with E-state index in [2.05, 4.69) is 10.3 Å². The van der Waals surface area contributed by atoms with Crippen molar-refractivity contribution < 1.29 is 9.59 Å². The van der Waals surface area contributed by atoms with Crippen LogP contribution in [0.4, 0.5) is 0 Å². The number of H-pyrrole nitrogens is 1. The topological polar surface area (TPSA) is 62.0 Å².